The van der Waals surface area contributed by atoms with Crippen LogP contribution in [0.1, 0.15) is 0 Å². The molecule has 1 aromatic carbocycles. The van der Waals surface area contributed by atoms with E-state index in [1.165, 1.54) is 0 Å². The van der Waals surface area contributed by atoms with Crippen LogP contribution in [-0.4, -0.2) is 42.5 Å². The van der Waals surface area contributed by atoms with Gasteiger partial charge in [-0.1, -0.05) is 11.3 Å². The third-order valence-corrected chi connectivity index (χ3v) is 4.14. The molecule has 1 aromatic heterocycles. The summed E-state index contributed by atoms with van der Waals surface area (Å²) in [6.07, 6.45) is 0. The molecule has 0 bridgehead atoms. The van der Waals surface area contributed by atoms with Crippen LogP contribution in [0.4, 0.5) is 10.8 Å². The van der Waals surface area contributed by atoms with Gasteiger partial charge in [0.15, 0.2) is 5.13 Å². The summed E-state index contributed by atoms with van der Waals surface area (Å²) in [5.41, 5.74) is 7.47. The van der Waals surface area contributed by atoms with Crippen LogP contribution >= 0.6 is 11.3 Å². The molecule has 1 unspecified atom stereocenters. The number of hydrogen-bond donors (Lipinski definition) is 2. The average Bonchev–Trinajstić information content (AvgIpc) is 2.81. The highest BCUT2D eigenvalue weighted by molar-refractivity contribution is 7.22. The van der Waals surface area contributed by atoms with Crippen molar-refractivity contribution in [3.05, 3.63) is 18.2 Å². The molecule has 0 saturated carbocycles. The Morgan fingerprint density at radius 3 is 3.28 bits per heavy atom. The first kappa shape index (κ1) is 11.7. The molecule has 6 heteroatoms. The van der Waals surface area contributed by atoms with Crippen molar-refractivity contribution in [2.45, 2.75) is 6.04 Å². The molecule has 1 fully saturated rings. The van der Waals surface area contributed by atoms with Gasteiger partial charge in [0.2, 0.25) is 0 Å². The third kappa shape index (κ3) is 2.03. The number of nitrogens with two attached hydrogens (primary N) is 1. The molecule has 1 aliphatic heterocycles. The molecule has 0 aliphatic carbocycles. The smallest absolute Gasteiger partial charge is 0.186 e. The molecule has 2 aromatic rings. The topological polar surface area (TPSA) is 71.6 Å². The Hall–Kier alpha value is -1.37. The van der Waals surface area contributed by atoms with E-state index in [2.05, 4.69) is 9.88 Å². The Labute approximate surface area is 109 Å². The number of hydrogen-bond acceptors (Lipinski definition) is 6. The van der Waals surface area contributed by atoms with Crippen molar-refractivity contribution >= 4 is 32.4 Å². The van der Waals surface area contributed by atoms with E-state index in [0.29, 0.717) is 13.2 Å². The van der Waals surface area contributed by atoms with Crippen LogP contribution in [0.2, 0.25) is 0 Å². The molecule has 96 valence electrons. The van der Waals surface area contributed by atoms with Crippen LogP contribution in [0.3, 0.4) is 0 Å². The summed E-state index contributed by atoms with van der Waals surface area (Å²) in [5, 5.41) is 10.3. The predicted octanol–water partition coefficient (Wildman–Crippen LogP) is 1.08. The highest BCUT2D eigenvalue weighted by atomic mass is 32.1. The number of nitrogens with zero attached hydrogens (tertiary/aromatic N) is 2. The molecular weight excluding hydrogens is 250 g/mol. The van der Waals surface area contributed by atoms with Crippen molar-refractivity contribution in [1.29, 1.82) is 0 Å². The fraction of sp³-hybridized carbons (Fsp3) is 0.417. The summed E-state index contributed by atoms with van der Waals surface area (Å²) in [6.45, 7) is 2.07. The predicted molar refractivity (Wildman–Crippen MR) is 73.1 cm³/mol. The van der Waals surface area contributed by atoms with Gasteiger partial charge in [-0.15, -0.1) is 0 Å². The molecule has 1 aliphatic rings. The normalized spacial score (nSPS) is 20.5. The maximum atomic E-state index is 9.38. The first-order chi connectivity index (χ1) is 8.78. The second kappa shape index (κ2) is 4.72. The number of aliphatic hydroxyl groups is 1. The summed E-state index contributed by atoms with van der Waals surface area (Å²) < 4.78 is 6.45. The molecule has 18 heavy (non-hydrogen) atoms. The standard InChI is InChI=1S/C12H15N3O2S/c13-8-1-2-10-11(5-8)18-12(14-10)15-3-4-17-7-9(15)6-16/h1-2,5,9,16H,3-4,6-7,13H2. The van der Waals surface area contributed by atoms with Gasteiger partial charge in [-0.3, -0.25) is 0 Å². The van der Waals surface area contributed by atoms with E-state index < -0.39 is 0 Å². The first-order valence-corrected chi connectivity index (χ1v) is 6.71. The zero-order valence-corrected chi connectivity index (χ0v) is 10.7. The van der Waals surface area contributed by atoms with Crippen LogP contribution in [0.25, 0.3) is 10.2 Å². The Balaban J connectivity index is 1.97. The largest absolute Gasteiger partial charge is 0.399 e. The second-order valence-corrected chi connectivity index (χ2v) is 5.34. The maximum Gasteiger partial charge on any atom is 0.186 e. The fourth-order valence-corrected chi connectivity index (χ4v) is 3.22. The second-order valence-electron chi connectivity index (χ2n) is 4.33. The zero-order chi connectivity index (χ0) is 12.5. The number of rotatable bonds is 2. The number of fused-ring (bicyclic) bond motifs is 1. The zero-order valence-electron chi connectivity index (χ0n) is 9.87. The van der Waals surface area contributed by atoms with Gasteiger partial charge in [-0.2, -0.15) is 0 Å². The van der Waals surface area contributed by atoms with Crippen LogP contribution in [-0.2, 0) is 4.74 Å². The summed E-state index contributed by atoms with van der Waals surface area (Å²) in [5.74, 6) is 0. The van der Waals surface area contributed by atoms with Gasteiger partial charge in [-0.05, 0) is 18.2 Å². The van der Waals surface area contributed by atoms with Crippen LogP contribution in [0.15, 0.2) is 18.2 Å². The lowest BCUT2D eigenvalue weighted by atomic mass is 10.2. The maximum absolute atomic E-state index is 9.38. The molecule has 0 amide bonds. The van der Waals surface area contributed by atoms with E-state index in [0.717, 1.165) is 27.6 Å². The SMILES string of the molecule is Nc1ccc2nc(N3CCOCC3CO)sc2c1. The van der Waals surface area contributed by atoms with E-state index in [-0.39, 0.29) is 12.6 Å². The summed E-state index contributed by atoms with van der Waals surface area (Å²) in [6, 6.07) is 5.72. The molecular formula is C12H15N3O2S. The number of aliphatic hydroxyl groups excluding tert-OH is 1. The van der Waals surface area contributed by atoms with Gasteiger partial charge in [-0.25, -0.2) is 4.98 Å². The molecule has 3 N–H and O–H groups in total. The number of morpholine rings is 1. The van der Waals surface area contributed by atoms with Gasteiger partial charge in [0.25, 0.3) is 0 Å². The van der Waals surface area contributed by atoms with E-state index >= 15 is 0 Å². The lowest BCUT2D eigenvalue weighted by Gasteiger charge is -2.34. The number of anilines is 2. The average molecular weight is 265 g/mol. The molecule has 5 nitrogen and oxygen atoms in total. The molecule has 3 rings (SSSR count). The van der Waals surface area contributed by atoms with E-state index in [1.54, 1.807) is 11.3 Å². The first-order valence-electron chi connectivity index (χ1n) is 5.89. The minimum atomic E-state index is -0.00309. The highest BCUT2D eigenvalue weighted by Crippen LogP contribution is 2.31. The van der Waals surface area contributed by atoms with Gasteiger partial charge >= 0.3 is 0 Å². The summed E-state index contributed by atoms with van der Waals surface area (Å²) >= 11 is 1.61. The molecule has 1 atom stereocenters. The Morgan fingerprint density at radius 2 is 2.44 bits per heavy atom. The summed E-state index contributed by atoms with van der Waals surface area (Å²) in [4.78, 5) is 6.71. The third-order valence-electron chi connectivity index (χ3n) is 3.09. The lowest BCUT2D eigenvalue weighted by Crippen LogP contribution is -2.47. The van der Waals surface area contributed by atoms with Gasteiger partial charge in [0.05, 0.1) is 36.1 Å². The summed E-state index contributed by atoms with van der Waals surface area (Å²) in [7, 11) is 0. The van der Waals surface area contributed by atoms with Crippen molar-refractivity contribution in [2.75, 3.05) is 37.0 Å². The number of aromatic nitrogens is 1. The van der Waals surface area contributed by atoms with Crippen molar-refractivity contribution in [3.8, 4) is 0 Å². The van der Waals surface area contributed by atoms with Crippen molar-refractivity contribution in [1.82, 2.24) is 4.98 Å². The minimum Gasteiger partial charge on any atom is -0.399 e. The number of benzene rings is 1. The van der Waals surface area contributed by atoms with Crippen molar-refractivity contribution in [3.63, 3.8) is 0 Å². The number of nitrogen functional groups attached to an aromatic ring is 1. The van der Waals surface area contributed by atoms with E-state index in [1.807, 2.05) is 18.2 Å². The fourth-order valence-electron chi connectivity index (χ4n) is 2.11. The van der Waals surface area contributed by atoms with Gasteiger partial charge in [0.1, 0.15) is 0 Å². The van der Waals surface area contributed by atoms with Gasteiger partial charge < -0.3 is 20.5 Å². The number of ether oxygens (including phenoxy) is 1. The van der Waals surface area contributed by atoms with E-state index in [9.17, 15) is 5.11 Å². The Morgan fingerprint density at radius 1 is 1.56 bits per heavy atom. The molecule has 1 saturated heterocycles. The van der Waals surface area contributed by atoms with Crippen LogP contribution in [0, 0.1) is 0 Å². The van der Waals surface area contributed by atoms with Crippen LogP contribution in [0.5, 0.6) is 0 Å². The van der Waals surface area contributed by atoms with E-state index in [4.69, 9.17) is 10.5 Å². The van der Waals surface area contributed by atoms with Gasteiger partial charge in [0, 0.05) is 12.2 Å². The molecule has 0 radical (unpaired) electrons. The molecule has 0 spiro atoms. The number of thiazole rings is 1. The van der Waals surface area contributed by atoms with Crippen molar-refractivity contribution in [2.24, 2.45) is 0 Å². The van der Waals surface area contributed by atoms with Crippen LogP contribution < -0.4 is 10.6 Å². The Kier molecular flexibility index (Phi) is 3.07. The minimum absolute atomic E-state index is 0.00309. The molecule has 2 heterocycles. The highest BCUT2D eigenvalue weighted by Gasteiger charge is 2.25. The monoisotopic (exact) mass is 265 g/mol. The Bertz CT molecular complexity index is 557. The quantitative estimate of drug-likeness (QED) is 0.795. The van der Waals surface area contributed by atoms with Crippen molar-refractivity contribution < 1.29 is 9.84 Å². The lowest BCUT2D eigenvalue weighted by molar-refractivity contribution is 0.0727.